The standard InChI is InChI=1S/C17H22O4/c1-11-12(2)21-13(3)16(11)17(18)14-7-5-6-8-15(14)20-10-9-19-4/h5-8,17-18H,9-10H2,1-4H3. The molecular weight excluding hydrogens is 268 g/mol. The first-order valence-corrected chi connectivity index (χ1v) is 7.01. The number of hydrogen-bond donors (Lipinski definition) is 1. The maximum absolute atomic E-state index is 10.7. The third kappa shape index (κ3) is 3.28. The number of ether oxygens (including phenoxy) is 2. The van der Waals surface area contributed by atoms with Gasteiger partial charge in [0, 0.05) is 18.2 Å². The number of rotatable bonds is 6. The summed E-state index contributed by atoms with van der Waals surface area (Å²) >= 11 is 0. The van der Waals surface area contributed by atoms with Crippen molar-refractivity contribution in [3.05, 3.63) is 52.5 Å². The summed E-state index contributed by atoms with van der Waals surface area (Å²) in [7, 11) is 1.63. The molecule has 114 valence electrons. The van der Waals surface area contributed by atoms with E-state index >= 15 is 0 Å². The molecule has 0 saturated carbocycles. The molecule has 0 bridgehead atoms. The van der Waals surface area contributed by atoms with E-state index < -0.39 is 6.10 Å². The minimum atomic E-state index is -0.763. The van der Waals surface area contributed by atoms with Gasteiger partial charge in [0.05, 0.1) is 6.61 Å². The first-order chi connectivity index (χ1) is 10.1. The molecule has 0 aliphatic carbocycles. The van der Waals surface area contributed by atoms with Crippen LogP contribution in [-0.2, 0) is 4.74 Å². The average molecular weight is 290 g/mol. The van der Waals surface area contributed by atoms with Crippen LogP contribution >= 0.6 is 0 Å². The molecule has 0 amide bonds. The van der Waals surface area contributed by atoms with Gasteiger partial charge in [-0.1, -0.05) is 18.2 Å². The smallest absolute Gasteiger partial charge is 0.125 e. The van der Waals surface area contributed by atoms with Crippen molar-refractivity contribution in [3.63, 3.8) is 0 Å². The summed E-state index contributed by atoms with van der Waals surface area (Å²) in [4.78, 5) is 0. The molecule has 1 N–H and O–H groups in total. The van der Waals surface area contributed by atoms with Gasteiger partial charge >= 0.3 is 0 Å². The van der Waals surface area contributed by atoms with Crippen LogP contribution in [-0.4, -0.2) is 25.4 Å². The Morgan fingerprint density at radius 3 is 2.43 bits per heavy atom. The number of para-hydroxylation sites is 1. The van der Waals surface area contributed by atoms with Gasteiger partial charge in [-0.25, -0.2) is 0 Å². The molecule has 0 saturated heterocycles. The van der Waals surface area contributed by atoms with E-state index in [1.807, 2.05) is 45.0 Å². The molecule has 1 aromatic carbocycles. The van der Waals surface area contributed by atoms with Crippen molar-refractivity contribution >= 4 is 0 Å². The summed E-state index contributed by atoms with van der Waals surface area (Å²) in [6.45, 7) is 6.68. The van der Waals surface area contributed by atoms with Crippen molar-refractivity contribution in [2.45, 2.75) is 26.9 Å². The van der Waals surface area contributed by atoms with E-state index in [1.165, 1.54) is 0 Å². The summed E-state index contributed by atoms with van der Waals surface area (Å²) in [6, 6.07) is 7.50. The van der Waals surface area contributed by atoms with Gasteiger partial charge in [-0.05, 0) is 32.4 Å². The summed E-state index contributed by atoms with van der Waals surface area (Å²) < 4.78 is 16.3. The molecule has 0 spiro atoms. The highest BCUT2D eigenvalue weighted by molar-refractivity contribution is 5.44. The van der Waals surface area contributed by atoms with Crippen molar-refractivity contribution in [1.82, 2.24) is 0 Å². The second-order valence-corrected chi connectivity index (χ2v) is 5.03. The number of aryl methyl sites for hydroxylation is 2. The zero-order chi connectivity index (χ0) is 15.4. The highest BCUT2D eigenvalue weighted by Gasteiger charge is 2.23. The number of methoxy groups -OCH3 is 1. The van der Waals surface area contributed by atoms with Crippen LogP contribution in [0.15, 0.2) is 28.7 Å². The topological polar surface area (TPSA) is 51.8 Å². The van der Waals surface area contributed by atoms with Crippen molar-refractivity contribution in [2.75, 3.05) is 20.3 Å². The Hall–Kier alpha value is -1.78. The lowest BCUT2D eigenvalue weighted by atomic mass is 9.97. The molecule has 4 nitrogen and oxygen atoms in total. The number of benzene rings is 1. The summed E-state index contributed by atoms with van der Waals surface area (Å²) in [5, 5.41) is 10.7. The lowest BCUT2D eigenvalue weighted by Gasteiger charge is -2.16. The van der Waals surface area contributed by atoms with Crippen LogP contribution < -0.4 is 4.74 Å². The summed E-state index contributed by atoms with van der Waals surface area (Å²) in [5.74, 6) is 2.24. The fourth-order valence-electron chi connectivity index (χ4n) is 2.44. The summed E-state index contributed by atoms with van der Waals surface area (Å²) in [5.41, 5.74) is 2.53. The monoisotopic (exact) mass is 290 g/mol. The molecule has 0 radical (unpaired) electrons. The predicted molar refractivity (Wildman–Crippen MR) is 80.8 cm³/mol. The highest BCUT2D eigenvalue weighted by Crippen LogP contribution is 2.35. The van der Waals surface area contributed by atoms with E-state index in [9.17, 15) is 5.11 Å². The van der Waals surface area contributed by atoms with Gasteiger partial charge in [-0.15, -0.1) is 0 Å². The molecule has 1 atom stereocenters. The first kappa shape index (κ1) is 15.6. The molecule has 0 aliphatic heterocycles. The second kappa shape index (κ2) is 6.78. The molecule has 1 aromatic heterocycles. The molecule has 0 fully saturated rings. The van der Waals surface area contributed by atoms with Gasteiger partial charge in [0.1, 0.15) is 30.0 Å². The van der Waals surface area contributed by atoms with Crippen LogP contribution in [0.1, 0.15) is 34.3 Å². The Kier molecular flexibility index (Phi) is 5.04. The van der Waals surface area contributed by atoms with Crippen LogP contribution in [0.3, 0.4) is 0 Å². The first-order valence-electron chi connectivity index (χ1n) is 7.01. The Morgan fingerprint density at radius 2 is 1.81 bits per heavy atom. The third-order valence-electron chi connectivity index (χ3n) is 3.65. The van der Waals surface area contributed by atoms with Gasteiger partial charge in [-0.2, -0.15) is 0 Å². The molecule has 2 rings (SSSR count). The molecule has 2 aromatic rings. The molecule has 0 aliphatic rings. The molecular formula is C17H22O4. The van der Waals surface area contributed by atoms with E-state index in [0.717, 1.165) is 28.2 Å². The highest BCUT2D eigenvalue weighted by atomic mass is 16.5. The molecule has 4 heteroatoms. The summed E-state index contributed by atoms with van der Waals surface area (Å²) in [6.07, 6.45) is -0.763. The normalized spacial score (nSPS) is 12.4. The third-order valence-corrected chi connectivity index (χ3v) is 3.65. The van der Waals surface area contributed by atoms with E-state index in [0.29, 0.717) is 19.0 Å². The van der Waals surface area contributed by atoms with Crippen LogP contribution in [0.25, 0.3) is 0 Å². The fourth-order valence-corrected chi connectivity index (χ4v) is 2.44. The zero-order valence-electron chi connectivity index (χ0n) is 13.0. The minimum Gasteiger partial charge on any atom is -0.491 e. The molecule has 21 heavy (non-hydrogen) atoms. The Balaban J connectivity index is 2.32. The van der Waals surface area contributed by atoms with E-state index in [4.69, 9.17) is 13.9 Å². The Morgan fingerprint density at radius 1 is 1.10 bits per heavy atom. The van der Waals surface area contributed by atoms with Gasteiger partial charge in [0.2, 0.25) is 0 Å². The minimum absolute atomic E-state index is 0.447. The number of aliphatic hydroxyl groups is 1. The SMILES string of the molecule is COCCOc1ccccc1C(O)c1c(C)oc(C)c1C. The largest absolute Gasteiger partial charge is 0.491 e. The predicted octanol–water partition coefficient (Wildman–Crippen LogP) is 3.31. The van der Waals surface area contributed by atoms with Gasteiger partial charge < -0.3 is 19.0 Å². The van der Waals surface area contributed by atoms with Crippen LogP contribution in [0.2, 0.25) is 0 Å². The van der Waals surface area contributed by atoms with Gasteiger partial charge in [0.15, 0.2) is 0 Å². The Bertz CT molecular complexity index is 601. The average Bonchev–Trinajstić information content (AvgIpc) is 2.72. The maximum Gasteiger partial charge on any atom is 0.125 e. The zero-order valence-corrected chi connectivity index (χ0v) is 13.0. The number of furan rings is 1. The van der Waals surface area contributed by atoms with Gasteiger partial charge in [0.25, 0.3) is 0 Å². The van der Waals surface area contributed by atoms with Crippen molar-refractivity contribution in [2.24, 2.45) is 0 Å². The van der Waals surface area contributed by atoms with E-state index in [-0.39, 0.29) is 0 Å². The van der Waals surface area contributed by atoms with Crippen LogP contribution in [0, 0.1) is 20.8 Å². The van der Waals surface area contributed by atoms with E-state index in [2.05, 4.69) is 0 Å². The van der Waals surface area contributed by atoms with E-state index in [1.54, 1.807) is 7.11 Å². The maximum atomic E-state index is 10.7. The Labute approximate surface area is 125 Å². The number of aliphatic hydroxyl groups excluding tert-OH is 1. The van der Waals surface area contributed by atoms with Crippen LogP contribution in [0.5, 0.6) is 5.75 Å². The lowest BCUT2D eigenvalue weighted by molar-refractivity contribution is 0.142. The molecule has 1 unspecified atom stereocenters. The quantitative estimate of drug-likeness (QED) is 0.829. The van der Waals surface area contributed by atoms with Crippen molar-refractivity contribution < 1.29 is 19.0 Å². The second-order valence-electron chi connectivity index (χ2n) is 5.03. The fraction of sp³-hybridized carbons (Fsp3) is 0.412. The number of hydrogen-bond acceptors (Lipinski definition) is 4. The van der Waals surface area contributed by atoms with Crippen molar-refractivity contribution in [1.29, 1.82) is 0 Å². The molecule has 1 heterocycles. The van der Waals surface area contributed by atoms with Gasteiger partial charge in [-0.3, -0.25) is 0 Å². The van der Waals surface area contributed by atoms with Crippen LogP contribution in [0.4, 0.5) is 0 Å². The lowest BCUT2D eigenvalue weighted by Crippen LogP contribution is -2.09. The van der Waals surface area contributed by atoms with Crippen molar-refractivity contribution in [3.8, 4) is 5.75 Å².